The first-order valence-electron chi connectivity index (χ1n) is 12.8. The molecule has 0 aliphatic heterocycles. The summed E-state index contributed by atoms with van der Waals surface area (Å²) in [5.41, 5.74) is 3.18. The second kappa shape index (κ2) is 9.13. The molecule has 0 N–H and O–H groups in total. The predicted molar refractivity (Wildman–Crippen MR) is 141 cm³/mol. The van der Waals surface area contributed by atoms with Crippen LogP contribution in [0.1, 0.15) is 50.5 Å². The Morgan fingerprint density at radius 3 is 2.03 bits per heavy atom. The summed E-state index contributed by atoms with van der Waals surface area (Å²) in [4.78, 5) is 5.45. The number of hydrogen-bond donors (Lipinski definition) is 0. The van der Waals surface area contributed by atoms with Gasteiger partial charge in [0.05, 0.1) is 13.6 Å². The van der Waals surface area contributed by atoms with Crippen LogP contribution in [-0.2, 0) is 6.42 Å². The summed E-state index contributed by atoms with van der Waals surface area (Å²) in [6, 6.07) is 23.3. The molecule has 0 radical (unpaired) electrons. The van der Waals surface area contributed by atoms with Crippen LogP contribution in [0, 0.1) is 17.8 Å². The predicted octanol–water partition coefficient (Wildman–Crippen LogP) is 7.20. The molecule has 2 aromatic carbocycles. The van der Waals surface area contributed by atoms with E-state index in [-0.39, 0.29) is 5.54 Å². The number of allylic oxidation sites excluding steroid dienone is 2. The van der Waals surface area contributed by atoms with E-state index >= 15 is 0 Å². The molecule has 0 aromatic heterocycles. The normalized spacial score (nSPS) is 29.7. The average Bonchev–Trinajstić information content (AvgIpc) is 2.78. The molecule has 0 saturated heterocycles. The van der Waals surface area contributed by atoms with Crippen LogP contribution in [0.2, 0.25) is 19.1 Å². The van der Waals surface area contributed by atoms with E-state index in [1.807, 2.05) is 0 Å². The van der Waals surface area contributed by atoms with E-state index in [1.54, 1.807) is 5.19 Å². The van der Waals surface area contributed by atoms with Gasteiger partial charge in [-0.05, 0) is 86.3 Å². The van der Waals surface area contributed by atoms with Gasteiger partial charge in [-0.2, -0.15) is 0 Å². The first-order chi connectivity index (χ1) is 15.5. The van der Waals surface area contributed by atoms with Gasteiger partial charge in [0, 0.05) is 6.21 Å². The molecule has 2 aromatic rings. The third kappa shape index (κ3) is 5.01. The highest BCUT2D eigenvalue weighted by atomic mass is 28.3. The molecule has 32 heavy (non-hydrogen) atoms. The van der Waals surface area contributed by atoms with Crippen molar-refractivity contribution in [2.75, 3.05) is 0 Å². The number of benzene rings is 2. The van der Waals surface area contributed by atoms with Crippen LogP contribution < -0.4 is 5.19 Å². The van der Waals surface area contributed by atoms with Crippen LogP contribution in [0.15, 0.2) is 77.3 Å². The highest BCUT2D eigenvalue weighted by Crippen LogP contribution is 2.57. The monoisotopic (exact) mass is 441 g/mol. The topological polar surface area (TPSA) is 12.4 Å². The van der Waals surface area contributed by atoms with E-state index in [0.717, 1.165) is 30.6 Å². The molecule has 4 aliphatic carbocycles. The molecule has 0 unspecified atom stereocenters. The molecule has 4 aliphatic rings. The van der Waals surface area contributed by atoms with Gasteiger partial charge < -0.3 is 0 Å². The molecule has 0 spiro atoms. The van der Waals surface area contributed by atoms with Crippen LogP contribution >= 0.6 is 0 Å². The Balaban J connectivity index is 1.35. The Morgan fingerprint density at radius 2 is 1.44 bits per heavy atom. The third-order valence-electron chi connectivity index (χ3n) is 8.39. The van der Waals surface area contributed by atoms with Crippen molar-refractivity contribution in [1.82, 2.24) is 0 Å². The Hall–Kier alpha value is -1.93. The van der Waals surface area contributed by atoms with Gasteiger partial charge in [0.15, 0.2) is 0 Å². The molecule has 168 valence electrons. The van der Waals surface area contributed by atoms with Crippen molar-refractivity contribution in [3.05, 3.63) is 77.9 Å². The smallest absolute Gasteiger partial charge is 0.0849 e. The van der Waals surface area contributed by atoms with E-state index in [4.69, 9.17) is 4.99 Å². The van der Waals surface area contributed by atoms with Crippen molar-refractivity contribution >= 4 is 19.5 Å². The maximum absolute atomic E-state index is 5.45. The maximum atomic E-state index is 5.45. The molecule has 0 atom stereocenters. The Labute approximate surface area is 196 Å². The summed E-state index contributed by atoms with van der Waals surface area (Å²) < 4.78 is 0. The molecule has 4 saturated carbocycles. The number of nitrogens with zero attached hydrogens (tertiary/aromatic N) is 1. The maximum Gasteiger partial charge on any atom is 0.0849 e. The van der Waals surface area contributed by atoms with E-state index in [9.17, 15) is 0 Å². The number of rotatable bonds is 8. The lowest BCUT2D eigenvalue weighted by Crippen LogP contribution is -2.49. The Bertz CT molecular complexity index is 922. The van der Waals surface area contributed by atoms with Gasteiger partial charge in [-0.1, -0.05) is 85.0 Å². The quantitative estimate of drug-likeness (QED) is 0.303. The molecule has 4 bridgehead atoms. The summed E-state index contributed by atoms with van der Waals surface area (Å²) >= 11 is 0. The number of aliphatic imine (C=N–C) groups is 1. The fraction of sp³-hybridized carbons (Fsp3) is 0.500. The molecule has 6 rings (SSSR count). The average molecular weight is 442 g/mol. The summed E-state index contributed by atoms with van der Waals surface area (Å²) in [6.07, 6.45) is 15.6. The fourth-order valence-corrected chi connectivity index (χ4v) is 9.74. The molecule has 4 fully saturated rings. The molecule has 0 amide bonds. The van der Waals surface area contributed by atoms with Gasteiger partial charge >= 0.3 is 0 Å². The van der Waals surface area contributed by atoms with E-state index < -0.39 is 8.07 Å². The minimum atomic E-state index is -1.56. The van der Waals surface area contributed by atoms with Crippen molar-refractivity contribution in [3.63, 3.8) is 0 Å². The van der Waals surface area contributed by atoms with Crippen LogP contribution in [0.4, 0.5) is 0 Å². The van der Waals surface area contributed by atoms with E-state index in [0.29, 0.717) is 0 Å². The van der Waals surface area contributed by atoms with Gasteiger partial charge in [0.25, 0.3) is 0 Å². The summed E-state index contributed by atoms with van der Waals surface area (Å²) in [6.45, 7) is 5.04. The van der Waals surface area contributed by atoms with Gasteiger partial charge in [0.1, 0.15) is 0 Å². The zero-order valence-electron chi connectivity index (χ0n) is 20.0. The lowest BCUT2D eigenvalue weighted by Gasteiger charge is -2.55. The summed E-state index contributed by atoms with van der Waals surface area (Å²) in [5, 5.41) is 1.55. The zero-order chi connectivity index (χ0) is 22.0. The Kier molecular flexibility index (Phi) is 6.25. The van der Waals surface area contributed by atoms with E-state index in [2.05, 4.69) is 86.0 Å². The first kappa shape index (κ1) is 21.9. The van der Waals surface area contributed by atoms with Crippen molar-refractivity contribution in [2.45, 2.75) is 76.0 Å². The third-order valence-corrected chi connectivity index (χ3v) is 11.6. The Morgan fingerprint density at radius 1 is 0.875 bits per heavy atom. The lowest BCUT2D eigenvalue weighted by atomic mass is 9.53. The molecular weight excluding hydrogens is 402 g/mol. The van der Waals surface area contributed by atoms with Gasteiger partial charge in [-0.3, -0.25) is 4.99 Å². The standard InChI is InChI=1S/C30H39NSi/c1-32(2,29-14-7-4-8-15-29)23-25(13-9-12-24-10-5-3-6-11-24)22-31-30-19-26-16-27(20-30)18-28(17-26)21-30/h3-8,10-11,13-15,22,26-28H,9,12,16-21,23H2,1-2H3/b25-13-,31-22?. The molecule has 1 nitrogen and oxygen atoms in total. The van der Waals surface area contributed by atoms with Crippen LogP contribution in [0.25, 0.3) is 0 Å². The van der Waals surface area contributed by atoms with Crippen LogP contribution in [0.3, 0.4) is 0 Å². The summed E-state index contributed by atoms with van der Waals surface area (Å²) in [5.74, 6) is 2.87. The highest BCUT2D eigenvalue weighted by molar-refractivity contribution is 6.90. The minimum Gasteiger partial charge on any atom is -0.286 e. The number of aryl methyl sites for hydroxylation is 1. The largest absolute Gasteiger partial charge is 0.286 e. The molecule has 2 heteroatoms. The molecular formula is C30H39NSi. The zero-order valence-corrected chi connectivity index (χ0v) is 21.0. The van der Waals surface area contributed by atoms with Crippen LogP contribution in [-0.4, -0.2) is 19.8 Å². The fourth-order valence-electron chi connectivity index (χ4n) is 7.18. The minimum absolute atomic E-state index is 0.270. The van der Waals surface area contributed by atoms with Crippen molar-refractivity contribution in [2.24, 2.45) is 22.7 Å². The summed E-state index contributed by atoms with van der Waals surface area (Å²) in [7, 11) is -1.56. The SMILES string of the molecule is C[Si](C)(C/C(C=NC12CC3CC(CC(C3)C1)C2)=C\CCc1ccccc1)c1ccccc1. The molecule has 0 heterocycles. The van der Waals surface area contributed by atoms with Gasteiger partial charge in [-0.15, -0.1) is 0 Å². The number of hydrogen-bond acceptors (Lipinski definition) is 1. The second-order valence-corrected chi connectivity index (χ2v) is 16.3. The van der Waals surface area contributed by atoms with Crippen molar-refractivity contribution in [1.29, 1.82) is 0 Å². The van der Waals surface area contributed by atoms with E-state index in [1.165, 1.54) is 55.7 Å². The van der Waals surface area contributed by atoms with Crippen LogP contribution in [0.5, 0.6) is 0 Å². The first-order valence-corrected chi connectivity index (χ1v) is 16.0. The second-order valence-electron chi connectivity index (χ2n) is 11.6. The van der Waals surface area contributed by atoms with Crippen molar-refractivity contribution in [3.8, 4) is 0 Å². The lowest BCUT2D eigenvalue weighted by molar-refractivity contribution is 0.00194. The van der Waals surface area contributed by atoms with Gasteiger partial charge in [0.2, 0.25) is 0 Å². The highest BCUT2D eigenvalue weighted by Gasteiger charge is 2.50. The van der Waals surface area contributed by atoms with Crippen molar-refractivity contribution < 1.29 is 0 Å². The van der Waals surface area contributed by atoms with Gasteiger partial charge in [-0.25, -0.2) is 0 Å².